The average Bonchev–Trinajstić information content (AvgIpc) is 3.65. The SMILES string of the molecule is Cc1cc(C)c(C2c3ccccc3-c3c2ccc2c3oc3c4c(ccc32)C(c2c(C)cc(C)cc2C)c2ccccc2-4)c(C)c1. The number of aryl methyl sites for hydroxylation is 6. The number of hydrogen-bond donors (Lipinski definition) is 0. The third kappa shape index (κ3) is 3.56. The molecule has 1 heteroatoms. The second kappa shape index (κ2) is 9.31. The zero-order chi connectivity index (χ0) is 30.7. The van der Waals surface area contributed by atoms with Crippen LogP contribution in [0.5, 0.6) is 0 Å². The van der Waals surface area contributed by atoms with Crippen molar-refractivity contribution in [3.8, 4) is 22.3 Å². The number of furan rings is 1. The van der Waals surface area contributed by atoms with E-state index in [9.17, 15) is 0 Å². The number of rotatable bonds is 2. The summed E-state index contributed by atoms with van der Waals surface area (Å²) in [6.07, 6.45) is 0. The topological polar surface area (TPSA) is 13.1 Å². The third-order valence-electron chi connectivity index (χ3n) is 10.6. The van der Waals surface area contributed by atoms with E-state index in [2.05, 4.69) is 139 Å². The minimum atomic E-state index is 0.192. The van der Waals surface area contributed by atoms with Crippen LogP contribution in [-0.2, 0) is 0 Å². The first-order valence-corrected chi connectivity index (χ1v) is 16.2. The normalized spacial score (nSPS) is 16.2. The maximum atomic E-state index is 7.18. The van der Waals surface area contributed by atoms with E-state index in [4.69, 9.17) is 4.42 Å². The highest BCUT2D eigenvalue weighted by Crippen LogP contribution is 2.56. The smallest absolute Gasteiger partial charge is 0.143 e. The predicted molar refractivity (Wildman–Crippen MR) is 188 cm³/mol. The molecule has 0 bridgehead atoms. The largest absolute Gasteiger partial charge is 0.455 e. The van der Waals surface area contributed by atoms with Crippen LogP contribution in [0.15, 0.2) is 101 Å². The lowest BCUT2D eigenvalue weighted by Gasteiger charge is -2.20. The molecule has 2 unspecified atom stereocenters. The van der Waals surface area contributed by atoms with Crippen molar-refractivity contribution in [2.24, 2.45) is 0 Å². The number of benzene rings is 6. The van der Waals surface area contributed by atoms with Crippen molar-refractivity contribution in [3.63, 3.8) is 0 Å². The average molecular weight is 581 g/mol. The zero-order valence-electron chi connectivity index (χ0n) is 26.8. The molecule has 2 aliphatic rings. The summed E-state index contributed by atoms with van der Waals surface area (Å²) in [5.41, 5.74) is 23.4. The molecule has 0 N–H and O–H groups in total. The molecule has 1 aromatic heterocycles. The molecule has 0 spiro atoms. The van der Waals surface area contributed by atoms with Crippen LogP contribution >= 0.6 is 0 Å². The van der Waals surface area contributed by atoms with Crippen LogP contribution in [0.2, 0.25) is 0 Å². The van der Waals surface area contributed by atoms with Crippen LogP contribution in [0.25, 0.3) is 44.2 Å². The molecule has 45 heavy (non-hydrogen) atoms. The lowest BCUT2D eigenvalue weighted by Crippen LogP contribution is -2.05. The highest BCUT2D eigenvalue weighted by atomic mass is 16.3. The molecule has 0 radical (unpaired) electrons. The molecule has 0 amide bonds. The van der Waals surface area contributed by atoms with Crippen molar-refractivity contribution in [1.29, 1.82) is 0 Å². The Labute approximate surface area is 265 Å². The van der Waals surface area contributed by atoms with E-state index in [-0.39, 0.29) is 11.8 Å². The Hall–Kier alpha value is -4.88. The zero-order valence-corrected chi connectivity index (χ0v) is 26.8. The summed E-state index contributed by atoms with van der Waals surface area (Å²) in [4.78, 5) is 0. The molecular weight excluding hydrogens is 544 g/mol. The van der Waals surface area contributed by atoms with Gasteiger partial charge in [-0.1, -0.05) is 108 Å². The Morgan fingerprint density at radius 2 is 0.800 bits per heavy atom. The van der Waals surface area contributed by atoms with Gasteiger partial charge in [-0.2, -0.15) is 0 Å². The highest BCUT2D eigenvalue weighted by Gasteiger charge is 2.37. The Bertz CT molecular complexity index is 2180. The van der Waals surface area contributed by atoms with Gasteiger partial charge in [0.25, 0.3) is 0 Å². The van der Waals surface area contributed by atoms with E-state index < -0.39 is 0 Å². The van der Waals surface area contributed by atoms with Gasteiger partial charge >= 0.3 is 0 Å². The molecule has 1 heterocycles. The van der Waals surface area contributed by atoms with Gasteiger partial charge in [-0.3, -0.25) is 0 Å². The van der Waals surface area contributed by atoms with Gasteiger partial charge in [-0.25, -0.2) is 0 Å². The Kier molecular flexibility index (Phi) is 5.49. The Morgan fingerprint density at radius 1 is 0.422 bits per heavy atom. The van der Waals surface area contributed by atoms with E-state index in [0.717, 1.165) is 11.2 Å². The summed E-state index contributed by atoms with van der Waals surface area (Å²) in [6, 6.07) is 36.6. The first kappa shape index (κ1) is 26.5. The van der Waals surface area contributed by atoms with E-state index in [0.29, 0.717) is 0 Å². The fraction of sp³-hybridized carbons (Fsp3) is 0.182. The van der Waals surface area contributed by atoms with Gasteiger partial charge in [0.05, 0.1) is 0 Å². The monoisotopic (exact) mass is 580 g/mol. The van der Waals surface area contributed by atoms with Crippen LogP contribution in [0, 0.1) is 41.5 Å². The lowest BCUT2D eigenvalue weighted by molar-refractivity contribution is 0.670. The molecule has 218 valence electrons. The molecule has 9 rings (SSSR count). The van der Waals surface area contributed by atoms with Crippen molar-refractivity contribution in [3.05, 3.63) is 164 Å². The van der Waals surface area contributed by atoms with E-state index in [1.165, 1.54) is 99.8 Å². The molecule has 0 fully saturated rings. The van der Waals surface area contributed by atoms with Crippen molar-refractivity contribution < 1.29 is 4.42 Å². The van der Waals surface area contributed by atoms with Gasteiger partial charge in [0.1, 0.15) is 11.2 Å². The molecule has 0 aliphatic heterocycles. The molecular formula is C44H36O. The maximum Gasteiger partial charge on any atom is 0.143 e. The minimum Gasteiger partial charge on any atom is -0.455 e. The molecule has 7 aromatic rings. The summed E-state index contributed by atoms with van der Waals surface area (Å²) in [5.74, 6) is 0.385. The van der Waals surface area contributed by atoms with Crippen molar-refractivity contribution in [1.82, 2.24) is 0 Å². The van der Waals surface area contributed by atoms with E-state index >= 15 is 0 Å². The summed E-state index contributed by atoms with van der Waals surface area (Å²) >= 11 is 0. The second-order valence-corrected chi connectivity index (χ2v) is 13.6. The quantitative estimate of drug-likeness (QED) is 0.198. The lowest BCUT2D eigenvalue weighted by atomic mass is 9.83. The van der Waals surface area contributed by atoms with Crippen LogP contribution in [0.1, 0.15) is 78.6 Å². The highest BCUT2D eigenvalue weighted by molar-refractivity contribution is 6.16. The summed E-state index contributed by atoms with van der Waals surface area (Å²) in [6.45, 7) is 13.5. The predicted octanol–water partition coefficient (Wildman–Crippen LogP) is 11.8. The number of hydrogen-bond acceptors (Lipinski definition) is 1. The van der Waals surface area contributed by atoms with Gasteiger partial charge in [0.2, 0.25) is 0 Å². The summed E-state index contributed by atoms with van der Waals surface area (Å²) in [5, 5.41) is 2.39. The minimum absolute atomic E-state index is 0.192. The summed E-state index contributed by atoms with van der Waals surface area (Å²) < 4.78 is 7.18. The first-order chi connectivity index (χ1) is 21.8. The molecule has 2 atom stereocenters. The Morgan fingerprint density at radius 3 is 1.20 bits per heavy atom. The first-order valence-electron chi connectivity index (χ1n) is 16.2. The van der Waals surface area contributed by atoms with Crippen molar-refractivity contribution in [2.75, 3.05) is 0 Å². The van der Waals surface area contributed by atoms with Gasteiger partial charge in [-0.15, -0.1) is 0 Å². The third-order valence-corrected chi connectivity index (χ3v) is 10.6. The van der Waals surface area contributed by atoms with Gasteiger partial charge in [0.15, 0.2) is 0 Å². The van der Waals surface area contributed by atoms with Gasteiger partial charge in [-0.05, 0) is 108 Å². The molecule has 0 saturated heterocycles. The fourth-order valence-corrected chi connectivity index (χ4v) is 9.17. The molecule has 1 nitrogen and oxygen atoms in total. The molecule has 6 aromatic carbocycles. The van der Waals surface area contributed by atoms with Crippen molar-refractivity contribution >= 4 is 21.9 Å². The van der Waals surface area contributed by atoms with Crippen molar-refractivity contribution in [2.45, 2.75) is 53.4 Å². The molecule has 2 aliphatic carbocycles. The molecule has 0 saturated carbocycles. The second-order valence-electron chi connectivity index (χ2n) is 13.6. The summed E-state index contributed by atoms with van der Waals surface area (Å²) in [7, 11) is 0. The van der Waals surface area contributed by atoms with E-state index in [1.807, 2.05) is 0 Å². The fourth-order valence-electron chi connectivity index (χ4n) is 9.17. The van der Waals surface area contributed by atoms with Crippen LogP contribution < -0.4 is 0 Å². The van der Waals surface area contributed by atoms with Gasteiger partial charge in [0, 0.05) is 33.7 Å². The standard InChI is InChI=1S/C44H36O/c1-23-19-25(3)37(26(4)20-23)39-29-11-7-9-13-31(29)41-35(39)17-15-33-34-16-18-36-40(38-27(5)21-24(2)22-28(38)6)30-12-8-10-14-32(30)42(36)44(34)45-43(33)41/h7-22,39-40H,1-6H3. The van der Waals surface area contributed by atoms with Gasteiger partial charge < -0.3 is 4.42 Å². The van der Waals surface area contributed by atoms with E-state index in [1.54, 1.807) is 0 Å². The van der Waals surface area contributed by atoms with Crippen LogP contribution in [0.4, 0.5) is 0 Å². The van der Waals surface area contributed by atoms with Crippen LogP contribution in [0.3, 0.4) is 0 Å². The maximum absolute atomic E-state index is 7.18. The Balaban J connectivity index is 1.34. The van der Waals surface area contributed by atoms with Crippen LogP contribution in [-0.4, -0.2) is 0 Å². The number of fused-ring (bicyclic) bond motifs is 11.